The zero-order valence-corrected chi connectivity index (χ0v) is 13.5. The van der Waals surface area contributed by atoms with E-state index in [0.717, 1.165) is 15.6 Å². The van der Waals surface area contributed by atoms with E-state index in [9.17, 15) is 5.26 Å². The van der Waals surface area contributed by atoms with E-state index >= 15 is 0 Å². The van der Waals surface area contributed by atoms with Gasteiger partial charge in [0, 0.05) is 21.8 Å². The van der Waals surface area contributed by atoms with Gasteiger partial charge in [0.25, 0.3) is 0 Å². The van der Waals surface area contributed by atoms with Gasteiger partial charge in [-0.3, -0.25) is 0 Å². The van der Waals surface area contributed by atoms with Gasteiger partial charge in [-0.05, 0) is 35.4 Å². The van der Waals surface area contributed by atoms with E-state index in [1.165, 1.54) is 0 Å². The molecular formula is C17H12BrClN2. The molecule has 0 saturated heterocycles. The Bertz CT molecular complexity index is 681. The first-order valence-electron chi connectivity index (χ1n) is 6.43. The SMILES string of the molecule is N#CC[C@H](c1ccc(Cl)cc1)[C@@H](C#N)c1ccc(Br)cc1. The molecule has 0 fully saturated rings. The molecule has 0 aliphatic carbocycles. The van der Waals surface area contributed by atoms with E-state index in [1.54, 1.807) is 12.1 Å². The summed E-state index contributed by atoms with van der Waals surface area (Å²) in [6.45, 7) is 0. The Kier molecular flexibility index (Phi) is 5.39. The van der Waals surface area contributed by atoms with Crippen LogP contribution in [0.25, 0.3) is 0 Å². The average molecular weight is 360 g/mol. The third-order valence-electron chi connectivity index (χ3n) is 3.38. The maximum Gasteiger partial charge on any atom is 0.0791 e. The van der Waals surface area contributed by atoms with Gasteiger partial charge >= 0.3 is 0 Å². The predicted molar refractivity (Wildman–Crippen MR) is 86.9 cm³/mol. The topological polar surface area (TPSA) is 47.6 Å². The van der Waals surface area contributed by atoms with Gasteiger partial charge in [0.05, 0.1) is 18.1 Å². The highest BCUT2D eigenvalue weighted by atomic mass is 79.9. The maximum atomic E-state index is 9.56. The fourth-order valence-corrected chi connectivity index (χ4v) is 2.69. The van der Waals surface area contributed by atoms with Gasteiger partial charge in [-0.2, -0.15) is 10.5 Å². The number of nitrogens with zero attached hydrogens (tertiary/aromatic N) is 2. The molecule has 2 atom stereocenters. The van der Waals surface area contributed by atoms with Crippen molar-refractivity contribution in [1.82, 2.24) is 0 Å². The van der Waals surface area contributed by atoms with Gasteiger partial charge in [0.15, 0.2) is 0 Å². The minimum atomic E-state index is -0.362. The van der Waals surface area contributed by atoms with Crippen molar-refractivity contribution in [1.29, 1.82) is 10.5 Å². The average Bonchev–Trinajstić information content (AvgIpc) is 2.50. The van der Waals surface area contributed by atoms with E-state index in [2.05, 4.69) is 28.1 Å². The second-order valence-corrected chi connectivity index (χ2v) is 6.03. The first-order chi connectivity index (χ1) is 10.2. The molecule has 2 aromatic carbocycles. The number of nitriles is 2. The van der Waals surface area contributed by atoms with Gasteiger partial charge in [0.2, 0.25) is 0 Å². The highest BCUT2D eigenvalue weighted by Gasteiger charge is 2.24. The molecule has 2 nitrogen and oxygen atoms in total. The van der Waals surface area contributed by atoms with Crippen LogP contribution >= 0.6 is 27.5 Å². The number of hydrogen-bond donors (Lipinski definition) is 0. The minimum Gasteiger partial charge on any atom is -0.198 e. The standard InChI is InChI=1S/C17H12BrClN2/c18-14-5-1-13(2-6-14)17(11-21)16(9-10-20)12-3-7-15(19)8-4-12/h1-8,16-17H,9H2/t16-,17+/m1/s1. The molecule has 2 aromatic rings. The summed E-state index contributed by atoms with van der Waals surface area (Å²) in [5, 5.41) is 19.3. The molecule has 0 spiro atoms. The third-order valence-corrected chi connectivity index (χ3v) is 4.16. The molecule has 0 aliphatic rings. The molecular weight excluding hydrogens is 348 g/mol. The largest absolute Gasteiger partial charge is 0.198 e. The summed E-state index contributed by atoms with van der Waals surface area (Å²) in [5.41, 5.74) is 1.87. The zero-order valence-electron chi connectivity index (χ0n) is 11.1. The Hall–Kier alpha value is -1.81. The molecule has 21 heavy (non-hydrogen) atoms. The van der Waals surface area contributed by atoms with Crippen LogP contribution < -0.4 is 0 Å². The van der Waals surface area contributed by atoms with Gasteiger partial charge in [-0.1, -0.05) is 51.8 Å². The minimum absolute atomic E-state index is 0.168. The third kappa shape index (κ3) is 3.85. The van der Waals surface area contributed by atoms with E-state index in [-0.39, 0.29) is 18.3 Å². The van der Waals surface area contributed by atoms with E-state index in [4.69, 9.17) is 16.9 Å². The van der Waals surface area contributed by atoms with E-state index < -0.39 is 0 Å². The van der Waals surface area contributed by atoms with Crippen LogP contribution in [0, 0.1) is 22.7 Å². The Balaban J connectivity index is 2.39. The summed E-state index contributed by atoms with van der Waals surface area (Å²) in [4.78, 5) is 0. The highest BCUT2D eigenvalue weighted by molar-refractivity contribution is 9.10. The lowest BCUT2D eigenvalue weighted by Crippen LogP contribution is -2.09. The van der Waals surface area contributed by atoms with Crippen molar-refractivity contribution in [3.8, 4) is 12.1 Å². The predicted octanol–water partition coefficient (Wildman–Crippen LogP) is 5.41. The number of halogens is 2. The summed E-state index contributed by atoms with van der Waals surface area (Å²) in [6, 6.07) is 19.5. The lowest BCUT2D eigenvalue weighted by atomic mass is 9.80. The van der Waals surface area contributed by atoms with Crippen LogP contribution in [-0.2, 0) is 0 Å². The molecule has 0 aromatic heterocycles. The Morgan fingerprint density at radius 3 is 2.05 bits per heavy atom. The molecule has 4 heteroatoms. The van der Waals surface area contributed by atoms with Crippen molar-refractivity contribution >= 4 is 27.5 Å². The molecule has 0 amide bonds. The highest BCUT2D eigenvalue weighted by Crippen LogP contribution is 2.36. The lowest BCUT2D eigenvalue weighted by molar-refractivity contribution is 0.641. The smallest absolute Gasteiger partial charge is 0.0791 e. The molecule has 0 aliphatic heterocycles. The van der Waals surface area contributed by atoms with Crippen molar-refractivity contribution < 1.29 is 0 Å². The summed E-state index contributed by atoms with van der Waals surface area (Å²) < 4.78 is 0.964. The molecule has 2 rings (SSSR count). The molecule has 0 bridgehead atoms. The second-order valence-electron chi connectivity index (χ2n) is 4.68. The van der Waals surface area contributed by atoms with Crippen molar-refractivity contribution in [2.75, 3.05) is 0 Å². The van der Waals surface area contributed by atoms with E-state index in [1.807, 2.05) is 36.4 Å². The molecule has 104 valence electrons. The summed E-state index contributed by atoms with van der Waals surface area (Å²) in [5.74, 6) is -0.530. The van der Waals surface area contributed by atoms with Crippen molar-refractivity contribution in [2.24, 2.45) is 0 Å². The Morgan fingerprint density at radius 2 is 1.52 bits per heavy atom. The van der Waals surface area contributed by atoms with Crippen molar-refractivity contribution in [3.63, 3.8) is 0 Å². The van der Waals surface area contributed by atoms with Gasteiger partial charge < -0.3 is 0 Å². The molecule has 0 heterocycles. The number of hydrogen-bond acceptors (Lipinski definition) is 2. The van der Waals surface area contributed by atoms with Gasteiger partial charge in [-0.15, -0.1) is 0 Å². The van der Waals surface area contributed by atoms with Crippen LogP contribution in [0.15, 0.2) is 53.0 Å². The Morgan fingerprint density at radius 1 is 0.952 bits per heavy atom. The van der Waals surface area contributed by atoms with E-state index in [0.29, 0.717) is 5.02 Å². The summed E-state index contributed by atoms with van der Waals surface area (Å²) >= 11 is 9.29. The Labute approximate surface area is 137 Å². The van der Waals surface area contributed by atoms with Crippen LogP contribution in [0.2, 0.25) is 5.02 Å². The van der Waals surface area contributed by atoms with Crippen molar-refractivity contribution in [3.05, 3.63) is 69.2 Å². The van der Waals surface area contributed by atoms with Crippen LogP contribution in [0.4, 0.5) is 0 Å². The number of rotatable bonds is 4. The quantitative estimate of drug-likeness (QED) is 0.733. The molecule has 0 N–H and O–H groups in total. The van der Waals surface area contributed by atoms with Crippen molar-refractivity contribution in [2.45, 2.75) is 18.3 Å². The fourth-order valence-electron chi connectivity index (χ4n) is 2.30. The van der Waals surface area contributed by atoms with Gasteiger partial charge in [-0.25, -0.2) is 0 Å². The summed E-state index contributed by atoms with van der Waals surface area (Å²) in [6.07, 6.45) is 0.288. The maximum absolute atomic E-state index is 9.56. The number of benzene rings is 2. The zero-order chi connectivity index (χ0) is 15.2. The van der Waals surface area contributed by atoms with Gasteiger partial charge in [0.1, 0.15) is 0 Å². The second kappa shape index (κ2) is 7.27. The normalized spacial score (nSPS) is 13.0. The first-order valence-corrected chi connectivity index (χ1v) is 7.60. The van der Waals surface area contributed by atoms with Crippen LogP contribution in [0.5, 0.6) is 0 Å². The monoisotopic (exact) mass is 358 g/mol. The summed E-state index contributed by atoms with van der Waals surface area (Å²) in [7, 11) is 0. The lowest BCUT2D eigenvalue weighted by Gasteiger charge is -2.20. The fraction of sp³-hybridized carbons (Fsp3) is 0.176. The molecule has 0 saturated carbocycles. The van der Waals surface area contributed by atoms with Crippen LogP contribution in [-0.4, -0.2) is 0 Å². The molecule has 0 radical (unpaired) electrons. The molecule has 0 unspecified atom stereocenters. The van der Waals surface area contributed by atoms with Crippen LogP contribution in [0.3, 0.4) is 0 Å². The van der Waals surface area contributed by atoms with Crippen LogP contribution in [0.1, 0.15) is 29.4 Å². The first kappa shape index (κ1) is 15.6.